The average molecular weight is 1710 g/mol. The lowest BCUT2D eigenvalue weighted by molar-refractivity contribution is 0.668. The lowest BCUT2D eigenvalue weighted by Crippen LogP contribution is -1.88. The Bertz CT molecular complexity index is 8150. The van der Waals surface area contributed by atoms with Crippen LogP contribution in [0.25, 0.3) is 258 Å². The van der Waals surface area contributed by atoms with Gasteiger partial charge in [0.1, 0.15) is 44.7 Å². The van der Waals surface area contributed by atoms with Crippen molar-refractivity contribution >= 4 is 214 Å². The molecular weight excluding hydrogens is 1640 g/mol. The molecule has 0 N–H and O–H groups in total. The van der Waals surface area contributed by atoms with E-state index in [0.717, 1.165) is 149 Å². The number of hydrogen-bond donors (Lipinski definition) is 0. The van der Waals surface area contributed by atoms with E-state index in [1.54, 1.807) is 0 Å². The number of thiophene rings is 4. The summed E-state index contributed by atoms with van der Waals surface area (Å²) in [5.41, 5.74) is 24.6. The normalized spacial score (nSPS) is 11.8. The van der Waals surface area contributed by atoms with Gasteiger partial charge in [0, 0.05) is 188 Å². The highest BCUT2D eigenvalue weighted by Gasteiger charge is 2.22. The van der Waals surface area contributed by atoms with Gasteiger partial charge >= 0.3 is 0 Å². The van der Waals surface area contributed by atoms with Gasteiger partial charge in [-0.15, -0.1) is 45.3 Å². The van der Waals surface area contributed by atoms with Crippen molar-refractivity contribution in [2.75, 3.05) is 0 Å². The fraction of sp³-hybridized carbons (Fsp3) is 0. The summed E-state index contributed by atoms with van der Waals surface area (Å²) in [6.07, 6.45) is 7.69. The molecule has 8 nitrogen and oxygen atoms in total. The van der Waals surface area contributed by atoms with E-state index >= 15 is 0 Å². The smallest absolute Gasteiger partial charge is 0.144 e. The Hall–Kier alpha value is -15.8. The van der Waals surface area contributed by atoms with Gasteiger partial charge in [-0.1, -0.05) is 261 Å². The first-order valence-corrected chi connectivity index (χ1v) is 45.8. The van der Waals surface area contributed by atoms with Gasteiger partial charge in [-0.2, -0.15) is 0 Å². The van der Waals surface area contributed by atoms with Crippen LogP contribution in [0.2, 0.25) is 0 Å². The quantitative estimate of drug-likeness (QED) is 0.148. The molecule has 0 radical (unpaired) electrons. The van der Waals surface area contributed by atoms with Gasteiger partial charge in [0.25, 0.3) is 0 Å². The number of aromatic nitrogens is 4. The van der Waals surface area contributed by atoms with Gasteiger partial charge in [0.2, 0.25) is 0 Å². The molecule has 0 spiro atoms. The minimum absolute atomic E-state index is 0.887. The van der Waals surface area contributed by atoms with Crippen LogP contribution >= 0.6 is 45.3 Å². The van der Waals surface area contributed by atoms with Crippen LogP contribution in [0.4, 0.5) is 0 Å². The maximum atomic E-state index is 6.28. The van der Waals surface area contributed by atoms with Crippen molar-refractivity contribution in [2.24, 2.45) is 0 Å². The van der Waals surface area contributed by atoms with E-state index < -0.39 is 0 Å². The molecule has 28 aromatic rings. The molecule has 0 fully saturated rings. The summed E-state index contributed by atoms with van der Waals surface area (Å²) >= 11 is 7.36. The molecule has 0 saturated carbocycles. The van der Waals surface area contributed by atoms with Crippen LogP contribution < -0.4 is 0 Å². The molecule has 0 unspecified atom stereocenters. The van der Waals surface area contributed by atoms with Gasteiger partial charge in [-0.05, 0) is 155 Å². The third kappa shape index (κ3) is 13.0. The molecule has 0 amide bonds. The second kappa shape index (κ2) is 31.2. The summed E-state index contributed by atoms with van der Waals surface area (Å²) in [7, 11) is 0. The lowest BCUT2D eigenvalue weighted by atomic mass is 9.99. The largest absolute Gasteiger partial charge is 0.456 e. The maximum Gasteiger partial charge on any atom is 0.144 e. The predicted molar refractivity (Wildman–Crippen MR) is 541 cm³/mol. The van der Waals surface area contributed by atoms with Crippen molar-refractivity contribution in [2.45, 2.75) is 0 Å². The summed E-state index contributed by atoms with van der Waals surface area (Å²) in [5, 5.41) is 19.5. The molecule has 128 heavy (non-hydrogen) atoms. The fourth-order valence-corrected chi connectivity index (χ4v) is 23.3. The minimum Gasteiger partial charge on any atom is -0.456 e. The third-order valence-electron chi connectivity index (χ3n) is 24.6. The molecule has 12 heterocycles. The topological polar surface area (TPSA) is 104 Å². The second-order valence-corrected chi connectivity index (χ2v) is 36.3. The number of furan rings is 4. The summed E-state index contributed by atoms with van der Waals surface area (Å²) in [6, 6.07) is 136. The molecule has 28 rings (SSSR count). The van der Waals surface area contributed by atoms with E-state index in [2.05, 4.69) is 345 Å². The van der Waals surface area contributed by atoms with Crippen molar-refractivity contribution in [1.82, 2.24) is 19.9 Å². The van der Waals surface area contributed by atoms with Gasteiger partial charge < -0.3 is 17.7 Å². The van der Waals surface area contributed by atoms with Crippen LogP contribution in [0.15, 0.2) is 431 Å². The van der Waals surface area contributed by atoms with Crippen LogP contribution in [-0.4, -0.2) is 19.9 Å². The van der Waals surface area contributed by atoms with Crippen molar-refractivity contribution in [3.8, 4) is 89.5 Å². The molecule has 0 bridgehead atoms. The Labute approximate surface area is 748 Å². The Morgan fingerprint density at radius 3 is 1.02 bits per heavy atom. The zero-order valence-electron chi connectivity index (χ0n) is 68.3. The standard InChI is InChI=1S/4C29H17NOS/c1-3-16-26-18(8-1)20-10-5-12-22(28(20)31-26)24-14-7-15-25(30-24)23-13-6-11-21-19-9-2-4-17-27(19)32-29(21)23;1-3-13-26-20(7-1)22-10-6-12-24(28(22)31-26)25-17-18(15-16-30-25)19-9-5-11-23-21-8-2-4-14-27(21)32-29(19)23;1-3-13-26-20(7-1)22-10-5-9-19(28(22)31-26)18-15-16-30-25(17-18)24-12-6-11-23-21-8-2-4-14-27(21)32-29(23)24;1-3-7-26-22(5-1)24-14-18(9-11-27(24)31-26)20-13-21(17-30-16-20)19-10-12-29-25(15-19)23-6-2-4-8-28(23)32-29/h4*1-17H. The molecule has 0 aliphatic heterocycles. The van der Waals surface area contributed by atoms with Crippen LogP contribution in [0.1, 0.15) is 0 Å². The predicted octanol–water partition coefficient (Wildman–Crippen LogP) is 34.7. The number of fused-ring (bicyclic) bond motifs is 24. The number of nitrogens with zero attached hydrogens (tertiary/aromatic N) is 4. The lowest BCUT2D eigenvalue weighted by Gasteiger charge is -2.07. The van der Waals surface area contributed by atoms with Crippen molar-refractivity contribution in [3.05, 3.63) is 413 Å². The van der Waals surface area contributed by atoms with Gasteiger partial charge in [0.15, 0.2) is 0 Å². The van der Waals surface area contributed by atoms with E-state index in [0.29, 0.717) is 0 Å². The van der Waals surface area contributed by atoms with Gasteiger partial charge in [0.05, 0.1) is 22.8 Å². The van der Waals surface area contributed by atoms with Crippen molar-refractivity contribution in [1.29, 1.82) is 0 Å². The van der Waals surface area contributed by atoms with Crippen molar-refractivity contribution in [3.63, 3.8) is 0 Å². The number of pyridine rings is 4. The molecule has 0 aliphatic carbocycles. The van der Waals surface area contributed by atoms with Crippen LogP contribution in [0.5, 0.6) is 0 Å². The Morgan fingerprint density at radius 1 is 0.180 bits per heavy atom. The van der Waals surface area contributed by atoms with Crippen LogP contribution in [0, 0.1) is 0 Å². The highest BCUT2D eigenvalue weighted by atomic mass is 32.1. The number of rotatable bonds is 8. The van der Waals surface area contributed by atoms with E-state index in [1.807, 2.05) is 119 Å². The third-order valence-corrected chi connectivity index (χ3v) is 29.4. The van der Waals surface area contributed by atoms with Crippen molar-refractivity contribution < 1.29 is 17.7 Å². The molecule has 0 saturated heterocycles. The van der Waals surface area contributed by atoms with E-state index in [9.17, 15) is 0 Å². The van der Waals surface area contributed by atoms with Gasteiger partial charge in [-0.25, -0.2) is 4.98 Å². The summed E-state index contributed by atoms with van der Waals surface area (Å²) < 4.78 is 35.2. The number of hydrogen-bond acceptors (Lipinski definition) is 12. The second-order valence-electron chi connectivity index (χ2n) is 32.0. The van der Waals surface area contributed by atoms with Crippen LogP contribution in [0.3, 0.4) is 0 Å². The molecule has 600 valence electrons. The number of benzene rings is 16. The maximum absolute atomic E-state index is 6.28. The molecule has 12 aromatic heterocycles. The van der Waals surface area contributed by atoms with Gasteiger partial charge in [-0.3, -0.25) is 15.0 Å². The molecule has 16 aromatic carbocycles. The number of para-hydroxylation sites is 7. The summed E-state index contributed by atoms with van der Waals surface area (Å²) in [6.45, 7) is 0. The van der Waals surface area contributed by atoms with E-state index in [-0.39, 0.29) is 0 Å². The van der Waals surface area contributed by atoms with Crippen LogP contribution in [-0.2, 0) is 0 Å². The molecule has 0 atom stereocenters. The summed E-state index contributed by atoms with van der Waals surface area (Å²) in [5.74, 6) is 0. The highest BCUT2D eigenvalue weighted by molar-refractivity contribution is 7.27. The Morgan fingerprint density at radius 2 is 0.508 bits per heavy atom. The first kappa shape index (κ1) is 74.8. The first-order valence-electron chi connectivity index (χ1n) is 42.5. The highest BCUT2D eigenvalue weighted by Crippen LogP contribution is 2.48. The minimum atomic E-state index is 0.887. The fourth-order valence-electron chi connectivity index (χ4n) is 18.5. The average Bonchev–Trinajstić information content (AvgIpc) is 1.58. The molecule has 12 heteroatoms. The zero-order chi connectivity index (χ0) is 84.3. The SMILES string of the molecule is c1cc(-c2cccc3c2oc2ccccc23)nc(-c2cccc3c2sc2ccccc23)c1.c1ccc2c(c1)oc1c(-c3cc(-c4cccc5c4sc4ccccc45)ccn3)cccc12.c1ccc2c(c1)oc1c(-c3ccnc(-c4cccc5c4sc4ccccc45)c3)cccc12.c1ccc2c(c1)oc1ccc(-c3cncc(-c4ccc5sc6ccccc6c5c4)c3)cc12. The Kier molecular flexibility index (Phi) is 18.2. The Balaban J connectivity index is 0.0000000926. The molecular formula is C116H68N4O4S4. The molecule has 0 aliphatic rings. The first-order chi connectivity index (χ1) is 63.4. The van der Waals surface area contributed by atoms with E-state index in [1.165, 1.54) is 109 Å². The van der Waals surface area contributed by atoms with E-state index in [4.69, 9.17) is 32.6 Å². The monoisotopic (exact) mass is 1710 g/mol. The zero-order valence-corrected chi connectivity index (χ0v) is 71.6. The summed E-state index contributed by atoms with van der Waals surface area (Å²) in [4.78, 5) is 19.2.